The monoisotopic (exact) mass is 434 g/mol. The molecule has 3 aromatic rings. The number of rotatable bonds is 6. The standard InChI is InChI=1S/C25H26N2O5/c28-22-14-18-8-9-19(24(30)26-15-27-10-2-1-3-11-27)13-20(18)23(29)21(22)12-16-4-6-17(7-5-16)25(31)32/h4-9,13-14,28-29H,1-3,10-12,15H2,(H,26,30)(H,31,32). The van der Waals surface area contributed by atoms with E-state index < -0.39 is 5.97 Å². The highest BCUT2D eigenvalue weighted by Crippen LogP contribution is 2.37. The van der Waals surface area contributed by atoms with E-state index in [1.807, 2.05) is 0 Å². The molecule has 1 amide bonds. The second-order valence-corrected chi connectivity index (χ2v) is 8.18. The Balaban J connectivity index is 1.56. The van der Waals surface area contributed by atoms with Crippen LogP contribution in [0.4, 0.5) is 0 Å². The number of likely N-dealkylation sites (tertiary alicyclic amines) is 1. The van der Waals surface area contributed by atoms with Gasteiger partial charge in [0.15, 0.2) is 0 Å². The molecule has 3 aromatic carbocycles. The lowest BCUT2D eigenvalue weighted by Gasteiger charge is -2.26. The largest absolute Gasteiger partial charge is 0.507 e. The molecular weight excluding hydrogens is 408 g/mol. The number of hydrogen-bond acceptors (Lipinski definition) is 5. The van der Waals surface area contributed by atoms with Crippen molar-refractivity contribution in [3.63, 3.8) is 0 Å². The van der Waals surface area contributed by atoms with Gasteiger partial charge in [-0.15, -0.1) is 0 Å². The minimum Gasteiger partial charge on any atom is -0.507 e. The molecule has 0 atom stereocenters. The molecule has 1 aliphatic heterocycles. The van der Waals surface area contributed by atoms with Crippen molar-refractivity contribution >= 4 is 22.6 Å². The highest BCUT2D eigenvalue weighted by Gasteiger charge is 2.17. The fourth-order valence-electron chi connectivity index (χ4n) is 4.09. The number of piperidine rings is 1. The van der Waals surface area contributed by atoms with Crippen molar-refractivity contribution in [2.45, 2.75) is 25.7 Å². The first-order chi connectivity index (χ1) is 15.4. The molecule has 0 aromatic heterocycles. The third-order valence-electron chi connectivity index (χ3n) is 5.95. The number of hydrogen-bond donors (Lipinski definition) is 4. The summed E-state index contributed by atoms with van der Waals surface area (Å²) >= 11 is 0. The van der Waals surface area contributed by atoms with E-state index in [9.17, 15) is 19.8 Å². The summed E-state index contributed by atoms with van der Waals surface area (Å²) < 4.78 is 0. The van der Waals surface area contributed by atoms with Gasteiger partial charge >= 0.3 is 5.97 Å². The van der Waals surface area contributed by atoms with Crippen LogP contribution in [0.25, 0.3) is 10.8 Å². The Morgan fingerprint density at radius 1 is 0.906 bits per heavy atom. The number of nitrogens with zero attached hydrogens (tertiary/aromatic N) is 1. The van der Waals surface area contributed by atoms with E-state index in [1.165, 1.54) is 18.6 Å². The molecule has 0 unspecified atom stereocenters. The van der Waals surface area contributed by atoms with Gasteiger partial charge in [0, 0.05) is 22.9 Å². The van der Waals surface area contributed by atoms with E-state index in [-0.39, 0.29) is 29.4 Å². The Morgan fingerprint density at radius 3 is 2.28 bits per heavy atom. The number of aromatic hydroxyl groups is 2. The fourth-order valence-corrected chi connectivity index (χ4v) is 4.09. The summed E-state index contributed by atoms with van der Waals surface area (Å²) in [5.74, 6) is -1.37. The van der Waals surface area contributed by atoms with Crippen molar-refractivity contribution in [2.75, 3.05) is 19.8 Å². The quantitative estimate of drug-likeness (QED) is 0.471. The molecule has 0 spiro atoms. The number of aromatic carboxylic acids is 1. The maximum Gasteiger partial charge on any atom is 0.335 e. The van der Waals surface area contributed by atoms with Crippen LogP contribution < -0.4 is 5.32 Å². The lowest BCUT2D eigenvalue weighted by atomic mass is 9.97. The van der Waals surface area contributed by atoms with Crippen molar-refractivity contribution in [1.82, 2.24) is 10.2 Å². The van der Waals surface area contributed by atoms with E-state index >= 15 is 0 Å². The minimum absolute atomic E-state index is 0.0559. The van der Waals surface area contributed by atoms with Crippen molar-refractivity contribution in [3.05, 3.63) is 70.8 Å². The van der Waals surface area contributed by atoms with E-state index in [0.29, 0.717) is 28.6 Å². The van der Waals surface area contributed by atoms with Gasteiger partial charge in [-0.3, -0.25) is 9.69 Å². The van der Waals surface area contributed by atoms with E-state index in [1.54, 1.807) is 36.4 Å². The predicted molar refractivity (Wildman–Crippen MR) is 121 cm³/mol. The van der Waals surface area contributed by atoms with E-state index in [2.05, 4.69) is 10.2 Å². The summed E-state index contributed by atoms with van der Waals surface area (Å²) in [5.41, 5.74) is 1.68. The highest BCUT2D eigenvalue weighted by atomic mass is 16.4. The molecule has 1 fully saturated rings. The summed E-state index contributed by atoms with van der Waals surface area (Å²) in [4.78, 5) is 25.9. The third-order valence-corrected chi connectivity index (χ3v) is 5.95. The summed E-state index contributed by atoms with van der Waals surface area (Å²) in [7, 11) is 0. The lowest BCUT2D eigenvalue weighted by molar-refractivity contribution is 0.0696. The topological polar surface area (TPSA) is 110 Å². The first-order valence-corrected chi connectivity index (χ1v) is 10.7. The van der Waals surface area contributed by atoms with Gasteiger partial charge in [-0.25, -0.2) is 4.79 Å². The van der Waals surface area contributed by atoms with Crippen LogP contribution >= 0.6 is 0 Å². The zero-order valence-corrected chi connectivity index (χ0v) is 17.7. The number of nitrogens with one attached hydrogen (secondary N) is 1. The van der Waals surface area contributed by atoms with Gasteiger partial charge in [0.25, 0.3) is 5.91 Å². The second kappa shape index (κ2) is 9.28. The van der Waals surface area contributed by atoms with Crippen LogP contribution in [0.15, 0.2) is 48.5 Å². The zero-order chi connectivity index (χ0) is 22.7. The first kappa shape index (κ1) is 21.6. The number of carbonyl (C=O) groups excluding carboxylic acids is 1. The molecular formula is C25H26N2O5. The Labute approximate surface area is 185 Å². The van der Waals surface area contributed by atoms with Crippen LogP contribution in [0.5, 0.6) is 11.5 Å². The molecule has 4 rings (SSSR count). The SMILES string of the molecule is O=C(O)c1ccc(Cc2c(O)cc3ccc(C(=O)NCN4CCCCC4)cc3c2O)cc1. The Kier molecular flexibility index (Phi) is 6.28. The number of benzene rings is 3. The smallest absolute Gasteiger partial charge is 0.335 e. The molecule has 4 N–H and O–H groups in total. The van der Waals surface area contributed by atoms with Gasteiger partial charge in [0.05, 0.1) is 12.2 Å². The lowest BCUT2D eigenvalue weighted by Crippen LogP contribution is -2.40. The molecule has 166 valence electrons. The minimum atomic E-state index is -1.01. The number of carboxylic acids is 1. The Bertz CT molecular complexity index is 1150. The highest BCUT2D eigenvalue weighted by molar-refractivity contribution is 6.01. The summed E-state index contributed by atoms with van der Waals surface area (Å²) in [5, 5.41) is 34.4. The average Bonchev–Trinajstić information content (AvgIpc) is 2.81. The number of carboxylic acid groups (broad SMARTS) is 1. The Hall–Kier alpha value is -3.58. The maximum absolute atomic E-state index is 12.7. The van der Waals surface area contributed by atoms with Gasteiger partial charge in [0.2, 0.25) is 0 Å². The van der Waals surface area contributed by atoms with Gasteiger partial charge in [-0.1, -0.05) is 24.6 Å². The van der Waals surface area contributed by atoms with Crippen LogP contribution in [-0.2, 0) is 6.42 Å². The molecule has 0 aliphatic carbocycles. The predicted octanol–water partition coefficient (Wildman–Crippen LogP) is 3.71. The molecule has 1 saturated heterocycles. The van der Waals surface area contributed by atoms with Crippen LogP contribution in [0.1, 0.15) is 51.1 Å². The molecule has 0 saturated carbocycles. The molecule has 0 radical (unpaired) electrons. The third kappa shape index (κ3) is 4.68. The number of carbonyl (C=O) groups is 2. The van der Waals surface area contributed by atoms with Crippen molar-refractivity contribution in [1.29, 1.82) is 0 Å². The molecule has 0 bridgehead atoms. The van der Waals surface area contributed by atoms with Crippen molar-refractivity contribution in [3.8, 4) is 11.5 Å². The molecule has 1 heterocycles. The van der Waals surface area contributed by atoms with Crippen LogP contribution in [0, 0.1) is 0 Å². The molecule has 7 nitrogen and oxygen atoms in total. The summed E-state index contributed by atoms with van der Waals surface area (Å²) in [6.45, 7) is 2.46. The van der Waals surface area contributed by atoms with Gasteiger partial charge in [0.1, 0.15) is 11.5 Å². The maximum atomic E-state index is 12.7. The van der Waals surface area contributed by atoms with E-state index in [4.69, 9.17) is 5.11 Å². The summed E-state index contributed by atoms with van der Waals surface area (Å²) in [6, 6.07) is 12.8. The van der Waals surface area contributed by atoms with Crippen LogP contribution in [-0.4, -0.2) is 51.9 Å². The number of phenolic OH excluding ortho intramolecular Hbond substituents is 2. The molecule has 7 heteroatoms. The Morgan fingerprint density at radius 2 is 1.59 bits per heavy atom. The molecule has 32 heavy (non-hydrogen) atoms. The average molecular weight is 434 g/mol. The summed E-state index contributed by atoms with van der Waals surface area (Å²) in [6.07, 6.45) is 3.74. The van der Waals surface area contributed by atoms with Crippen LogP contribution in [0.3, 0.4) is 0 Å². The zero-order valence-electron chi connectivity index (χ0n) is 17.7. The number of fused-ring (bicyclic) bond motifs is 1. The van der Waals surface area contributed by atoms with Gasteiger partial charge in [-0.2, -0.15) is 0 Å². The molecule has 1 aliphatic rings. The number of phenols is 2. The van der Waals surface area contributed by atoms with Gasteiger partial charge in [-0.05, 0) is 67.2 Å². The second-order valence-electron chi connectivity index (χ2n) is 8.18. The number of amides is 1. The van der Waals surface area contributed by atoms with Crippen molar-refractivity contribution in [2.24, 2.45) is 0 Å². The fraction of sp³-hybridized carbons (Fsp3) is 0.280. The van der Waals surface area contributed by atoms with Crippen molar-refractivity contribution < 1.29 is 24.9 Å². The normalized spacial score (nSPS) is 14.4. The first-order valence-electron chi connectivity index (χ1n) is 10.7. The van der Waals surface area contributed by atoms with Gasteiger partial charge < -0.3 is 20.6 Å². The van der Waals surface area contributed by atoms with Crippen LogP contribution in [0.2, 0.25) is 0 Å². The van der Waals surface area contributed by atoms with E-state index in [0.717, 1.165) is 31.5 Å².